The number of carbonyl (C=O) groups excluding carboxylic acids is 1. The van der Waals surface area contributed by atoms with Crippen molar-refractivity contribution in [3.63, 3.8) is 0 Å². The average Bonchev–Trinajstić information content (AvgIpc) is 2.77. The lowest BCUT2D eigenvalue weighted by Gasteiger charge is -2.11. The first-order valence-corrected chi connectivity index (χ1v) is 5.71. The molecule has 1 fully saturated rings. The zero-order valence-electron chi connectivity index (χ0n) is 9.72. The van der Waals surface area contributed by atoms with E-state index in [9.17, 15) is 4.79 Å². The van der Waals surface area contributed by atoms with E-state index in [-0.39, 0.29) is 24.7 Å². The number of aliphatic hydroxyl groups is 1. The van der Waals surface area contributed by atoms with Gasteiger partial charge in [0.25, 0.3) is 5.91 Å². The van der Waals surface area contributed by atoms with Crippen molar-refractivity contribution < 1.29 is 14.6 Å². The highest BCUT2D eigenvalue weighted by Crippen LogP contribution is 2.20. The third-order valence-electron chi connectivity index (χ3n) is 2.78. The molecule has 1 saturated heterocycles. The van der Waals surface area contributed by atoms with Gasteiger partial charge in [0.2, 0.25) is 0 Å². The van der Waals surface area contributed by atoms with Crippen molar-refractivity contribution in [3.05, 3.63) is 24.0 Å². The molecular formula is C12H16N2O3. The molecule has 2 N–H and O–H groups in total. The minimum absolute atomic E-state index is 0.0997. The molecule has 0 spiro atoms. The summed E-state index contributed by atoms with van der Waals surface area (Å²) >= 11 is 0. The summed E-state index contributed by atoms with van der Waals surface area (Å²) in [5, 5.41) is 11.6. The Morgan fingerprint density at radius 3 is 2.94 bits per heavy atom. The Labute approximate surface area is 99.8 Å². The van der Waals surface area contributed by atoms with E-state index in [4.69, 9.17) is 9.84 Å². The van der Waals surface area contributed by atoms with Crippen LogP contribution in [0.4, 0.5) is 5.69 Å². The summed E-state index contributed by atoms with van der Waals surface area (Å²) in [5.41, 5.74) is 1.20. The number of nitrogens with one attached hydrogen (secondary N) is 1. The maximum atomic E-state index is 11.8. The van der Waals surface area contributed by atoms with E-state index in [1.165, 1.54) is 6.20 Å². The lowest BCUT2D eigenvalue weighted by Crippen LogP contribution is -2.27. The van der Waals surface area contributed by atoms with Crippen molar-refractivity contribution >= 4 is 11.6 Å². The predicted molar refractivity (Wildman–Crippen MR) is 62.4 cm³/mol. The summed E-state index contributed by atoms with van der Waals surface area (Å²) in [6.07, 6.45) is 3.00. The monoisotopic (exact) mass is 236 g/mol. The zero-order valence-corrected chi connectivity index (χ0v) is 9.72. The van der Waals surface area contributed by atoms with Gasteiger partial charge in [0, 0.05) is 0 Å². The SMILES string of the molecule is CC1CC[C@H](C(=O)Nc2ccc(CO)nc2)O1. The number of rotatable bonds is 3. The second kappa shape index (κ2) is 5.25. The van der Waals surface area contributed by atoms with Gasteiger partial charge in [-0.15, -0.1) is 0 Å². The Balaban J connectivity index is 1.93. The molecule has 1 aliphatic rings. The van der Waals surface area contributed by atoms with E-state index >= 15 is 0 Å². The molecule has 92 valence electrons. The normalized spacial score (nSPS) is 23.6. The van der Waals surface area contributed by atoms with Crippen LogP contribution >= 0.6 is 0 Å². The van der Waals surface area contributed by atoms with Gasteiger partial charge in [0.15, 0.2) is 0 Å². The smallest absolute Gasteiger partial charge is 0.253 e. The minimum Gasteiger partial charge on any atom is -0.390 e. The number of anilines is 1. The highest BCUT2D eigenvalue weighted by Gasteiger charge is 2.28. The summed E-state index contributed by atoms with van der Waals surface area (Å²) in [5.74, 6) is -0.132. The van der Waals surface area contributed by atoms with Crippen LogP contribution in [0.25, 0.3) is 0 Å². The molecule has 17 heavy (non-hydrogen) atoms. The first-order chi connectivity index (χ1) is 8.19. The molecule has 0 radical (unpaired) electrons. The molecule has 0 saturated carbocycles. The van der Waals surface area contributed by atoms with Crippen LogP contribution in [0, 0.1) is 0 Å². The van der Waals surface area contributed by atoms with Crippen molar-refractivity contribution in [1.82, 2.24) is 4.98 Å². The summed E-state index contributed by atoms with van der Waals surface area (Å²) in [6.45, 7) is 1.86. The van der Waals surface area contributed by atoms with Crippen LogP contribution in [0.2, 0.25) is 0 Å². The van der Waals surface area contributed by atoms with Gasteiger partial charge in [0.05, 0.1) is 30.3 Å². The second-order valence-electron chi connectivity index (χ2n) is 4.20. The molecule has 2 atom stereocenters. The van der Waals surface area contributed by atoms with Gasteiger partial charge in [0.1, 0.15) is 6.10 Å². The first-order valence-electron chi connectivity index (χ1n) is 5.71. The molecule has 1 amide bonds. The van der Waals surface area contributed by atoms with Gasteiger partial charge in [-0.2, -0.15) is 0 Å². The molecule has 2 heterocycles. The summed E-state index contributed by atoms with van der Waals surface area (Å²) in [6, 6.07) is 3.39. The number of amides is 1. The largest absolute Gasteiger partial charge is 0.390 e. The number of aliphatic hydroxyl groups excluding tert-OH is 1. The molecule has 1 unspecified atom stereocenters. The third kappa shape index (κ3) is 3.01. The molecule has 1 aromatic heterocycles. The Bertz CT molecular complexity index is 391. The lowest BCUT2D eigenvalue weighted by molar-refractivity contribution is -0.126. The lowest BCUT2D eigenvalue weighted by atomic mass is 10.2. The maximum absolute atomic E-state index is 11.8. The molecule has 5 heteroatoms. The fraction of sp³-hybridized carbons (Fsp3) is 0.500. The van der Waals surface area contributed by atoms with Gasteiger partial charge in [-0.1, -0.05) is 0 Å². The Kier molecular flexibility index (Phi) is 3.71. The van der Waals surface area contributed by atoms with Crippen LogP contribution in [0.1, 0.15) is 25.5 Å². The average molecular weight is 236 g/mol. The number of carbonyl (C=O) groups is 1. The molecule has 0 aromatic carbocycles. The second-order valence-corrected chi connectivity index (χ2v) is 4.20. The number of ether oxygens (including phenoxy) is 1. The van der Waals surface area contributed by atoms with Crippen LogP contribution in [0.5, 0.6) is 0 Å². The van der Waals surface area contributed by atoms with E-state index in [1.54, 1.807) is 12.1 Å². The molecule has 1 aliphatic heterocycles. The van der Waals surface area contributed by atoms with Gasteiger partial charge >= 0.3 is 0 Å². The molecule has 0 bridgehead atoms. The van der Waals surface area contributed by atoms with Crippen LogP contribution < -0.4 is 5.32 Å². The van der Waals surface area contributed by atoms with Gasteiger partial charge in [-0.3, -0.25) is 9.78 Å². The van der Waals surface area contributed by atoms with E-state index < -0.39 is 0 Å². The van der Waals surface area contributed by atoms with Crippen molar-refractivity contribution in [2.75, 3.05) is 5.32 Å². The number of hydrogen-bond donors (Lipinski definition) is 2. The predicted octanol–water partition coefficient (Wildman–Crippen LogP) is 1.08. The topological polar surface area (TPSA) is 71.5 Å². The number of nitrogens with zero attached hydrogens (tertiary/aromatic N) is 1. The van der Waals surface area contributed by atoms with Gasteiger partial charge in [-0.25, -0.2) is 0 Å². The molecular weight excluding hydrogens is 220 g/mol. The van der Waals surface area contributed by atoms with Crippen molar-refractivity contribution in [2.45, 2.75) is 38.6 Å². The fourth-order valence-electron chi connectivity index (χ4n) is 1.81. The molecule has 5 nitrogen and oxygen atoms in total. The van der Waals surface area contributed by atoms with Crippen molar-refractivity contribution in [3.8, 4) is 0 Å². The number of pyridine rings is 1. The molecule has 2 rings (SSSR count). The highest BCUT2D eigenvalue weighted by molar-refractivity contribution is 5.94. The minimum atomic E-state index is -0.359. The van der Waals surface area contributed by atoms with E-state index in [0.29, 0.717) is 11.4 Å². The maximum Gasteiger partial charge on any atom is 0.253 e. The molecule has 0 aliphatic carbocycles. The van der Waals surface area contributed by atoms with Crippen LogP contribution in [-0.2, 0) is 16.1 Å². The van der Waals surface area contributed by atoms with E-state index in [0.717, 1.165) is 12.8 Å². The van der Waals surface area contributed by atoms with Crippen LogP contribution in [0.3, 0.4) is 0 Å². The summed E-state index contributed by atoms with van der Waals surface area (Å²) < 4.78 is 5.47. The zero-order chi connectivity index (χ0) is 12.3. The first kappa shape index (κ1) is 12.0. The number of hydrogen-bond acceptors (Lipinski definition) is 4. The Morgan fingerprint density at radius 2 is 2.41 bits per heavy atom. The number of aromatic nitrogens is 1. The van der Waals surface area contributed by atoms with Crippen LogP contribution in [-0.4, -0.2) is 28.2 Å². The van der Waals surface area contributed by atoms with E-state index in [1.807, 2.05) is 6.92 Å². The highest BCUT2D eigenvalue weighted by atomic mass is 16.5. The van der Waals surface area contributed by atoms with Crippen molar-refractivity contribution in [1.29, 1.82) is 0 Å². The molecule has 1 aromatic rings. The summed E-state index contributed by atoms with van der Waals surface area (Å²) in [7, 11) is 0. The van der Waals surface area contributed by atoms with Gasteiger partial charge < -0.3 is 15.2 Å². The standard InChI is InChI=1S/C12H16N2O3/c1-8-2-5-11(17-8)12(16)14-9-3-4-10(7-15)13-6-9/h3-4,6,8,11,15H,2,5,7H2,1H3,(H,14,16)/t8?,11-/m1/s1. The quantitative estimate of drug-likeness (QED) is 0.823. The van der Waals surface area contributed by atoms with E-state index in [2.05, 4.69) is 10.3 Å². The Morgan fingerprint density at radius 1 is 1.59 bits per heavy atom. The van der Waals surface area contributed by atoms with Crippen LogP contribution in [0.15, 0.2) is 18.3 Å². The van der Waals surface area contributed by atoms with Crippen molar-refractivity contribution in [2.24, 2.45) is 0 Å². The Hall–Kier alpha value is -1.46. The van der Waals surface area contributed by atoms with Gasteiger partial charge in [-0.05, 0) is 31.9 Å². The third-order valence-corrected chi connectivity index (χ3v) is 2.78. The summed E-state index contributed by atoms with van der Waals surface area (Å²) in [4.78, 5) is 15.8. The fourth-order valence-corrected chi connectivity index (χ4v) is 1.81.